The number of carbonyl (C=O) groups is 1. The number of halogens is 2. The molecule has 0 aliphatic rings. The maximum absolute atomic E-state index is 13.2. The van der Waals surface area contributed by atoms with Gasteiger partial charge < -0.3 is 11.1 Å². The minimum absolute atomic E-state index is 0.273. The second-order valence-corrected chi connectivity index (χ2v) is 4.16. The van der Waals surface area contributed by atoms with E-state index in [-0.39, 0.29) is 12.4 Å². The highest BCUT2D eigenvalue weighted by Crippen LogP contribution is 2.15. The molecule has 1 aromatic carbocycles. The number of nitrogens with one attached hydrogen (secondary N) is 1. The molecule has 0 fully saturated rings. The number of benzene rings is 1. The van der Waals surface area contributed by atoms with Crippen molar-refractivity contribution in [2.24, 2.45) is 5.73 Å². The fourth-order valence-corrected chi connectivity index (χ4v) is 1.45. The topological polar surface area (TPSA) is 55.1 Å². The highest BCUT2D eigenvalue weighted by Gasteiger charge is 2.09. The van der Waals surface area contributed by atoms with Crippen LogP contribution < -0.4 is 11.1 Å². The first kappa shape index (κ1) is 12.1. The molecular formula is C10H12BrFN2O. The molecule has 0 aliphatic carbocycles. The summed E-state index contributed by atoms with van der Waals surface area (Å²) in [6.45, 7) is 1.91. The SMILES string of the molecule is CC(NCc1cc(Br)ccc1F)C(N)=O. The fourth-order valence-electron chi connectivity index (χ4n) is 1.04. The van der Waals surface area contributed by atoms with Crippen molar-refractivity contribution in [3.8, 4) is 0 Å². The lowest BCUT2D eigenvalue weighted by molar-refractivity contribution is -0.119. The van der Waals surface area contributed by atoms with Crippen molar-refractivity contribution in [1.82, 2.24) is 5.32 Å². The average Bonchev–Trinajstić information content (AvgIpc) is 2.18. The van der Waals surface area contributed by atoms with Gasteiger partial charge in [0.1, 0.15) is 5.82 Å². The van der Waals surface area contributed by atoms with Crippen molar-refractivity contribution < 1.29 is 9.18 Å². The van der Waals surface area contributed by atoms with Crippen LogP contribution in [0.25, 0.3) is 0 Å². The second-order valence-electron chi connectivity index (χ2n) is 3.24. The number of hydrogen-bond donors (Lipinski definition) is 2. The minimum atomic E-state index is -0.469. The van der Waals surface area contributed by atoms with Crippen LogP contribution in [0, 0.1) is 5.82 Å². The summed E-state index contributed by atoms with van der Waals surface area (Å²) >= 11 is 3.25. The summed E-state index contributed by atoms with van der Waals surface area (Å²) in [4.78, 5) is 10.7. The normalized spacial score (nSPS) is 12.5. The molecule has 0 saturated carbocycles. The lowest BCUT2D eigenvalue weighted by Crippen LogP contribution is -2.38. The maximum Gasteiger partial charge on any atom is 0.234 e. The number of amides is 1. The molecule has 0 saturated heterocycles. The Bertz CT molecular complexity index is 370. The molecule has 1 unspecified atom stereocenters. The summed E-state index contributed by atoms with van der Waals surface area (Å²) in [6, 6.07) is 4.19. The zero-order valence-corrected chi connectivity index (χ0v) is 9.84. The molecule has 0 spiro atoms. The van der Waals surface area contributed by atoms with Crippen LogP contribution in [0.15, 0.2) is 22.7 Å². The third kappa shape index (κ3) is 3.60. The summed E-state index contributed by atoms with van der Waals surface area (Å²) < 4.78 is 14.0. The van der Waals surface area contributed by atoms with Gasteiger partial charge in [0.2, 0.25) is 5.91 Å². The van der Waals surface area contributed by atoms with Gasteiger partial charge in [-0.05, 0) is 25.1 Å². The number of nitrogens with two attached hydrogens (primary N) is 1. The van der Waals surface area contributed by atoms with E-state index in [2.05, 4.69) is 21.2 Å². The van der Waals surface area contributed by atoms with E-state index in [9.17, 15) is 9.18 Å². The standard InChI is InChI=1S/C10H12BrFN2O/c1-6(10(13)15)14-5-7-4-8(11)2-3-9(7)12/h2-4,6,14H,5H2,1H3,(H2,13,15). The minimum Gasteiger partial charge on any atom is -0.368 e. The smallest absolute Gasteiger partial charge is 0.234 e. The lowest BCUT2D eigenvalue weighted by Gasteiger charge is -2.10. The number of rotatable bonds is 4. The van der Waals surface area contributed by atoms with Crippen LogP contribution in [0.5, 0.6) is 0 Å². The Balaban J connectivity index is 2.65. The fraction of sp³-hybridized carbons (Fsp3) is 0.300. The van der Waals surface area contributed by atoms with Gasteiger partial charge in [0.05, 0.1) is 6.04 Å². The van der Waals surface area contributed by atoms with Crippen LogP contribution in [0.4, 0.5) is 4.39 Å². The Morgan fingerprint density at radius 2 is 2.33 bits per heavy atom. The van der Waals surface area contributed by atoms with Gasteiger partial charge >= 0.3 is 0 Å². The van der Waals surface area contributed by atoms with Crippen LogP contribution >= 0.6 is 15.9 Å². The molecule has 15 heavy (non-hydrogen) atoms. The molecule has 1 amide bonds. The van der Waals surface area contributed by atoms with E-state index in [1.165, 1.54) is 6.07 Å². The Morgan fingerprint density at radius 1 is 1.67 bits per heavy atom. The zero-order valence-electron chi connectivity index (χ0n) is 8.26. The largest absolute Gasteiger partial charge is 0.368 e. The highest BCUT2D eigenvalue weighted by atomic mass is 79.9. The predicted molar refractivity (Wildman–Crippen MR) is 59.6 cm³/mol. The Morgan fingerprint density at radius 3 is 2.93 bits per heavy atom. The first-order chi connectivity index (χ1) is 7.00. The Hall–Kier alpha value is -0.940. The van der Waals surface area contributed by atoms with Crippen molar-refractivity contribution in [1.29, 1.82) is 0 Å². The van der Waals surface area contributed by atoms with Gasteiger partial charge in [-0.25, -0.2) is 4.39 Å². The van der Waals surface area contributed by atoms with Crippen LogP contribution in [0.3, 0.4) is 0 Å². The number of hydrogen-bond acceptors (Lipinski definition) is 2. The van der Waals surface area contributed by atoms with E-state index in [1.54, 1.807) is 19.1 Å². The predicted octanol–water partition coefficient (Wildman–Crippen LogP) is 1.55. The van der Waals surface area contributed by atoms with E-state index in [4.69, 9.17) is 5.73 Å². The summed E-state index contributed by atoms with van der Waals surface area (Å²) in [7, 11) is 0. The molecule has 0 aliphatic heterocycles. The zero-order chi connectivity index (χ0) is 11.4. The summed E-state index contributed by atoms with van der Waals surface area (Å²) in [5, 5.41) is 2.83. The molecule has 0 heterocycles. The Kier molecular flexibility index (Phi) is 4.23. The van der Waals surface area contributed by atoms with Crippen LogP contribution in [0.1, 0.15) is 12.5 Å². The van der Waals surface area contributed by atoms with E-state index in [0.29, 0.717) is 5.56 Å². The van der Waals surface area contributed by atoms with Gasteiger partial charge in [0.15, 0.2) is 0 Å². The van der Waals surface area contributed by atoms with Gasteiger partial charge in [-0.15, -0.1) is 0 Å². The molecule has 1 atom stereocenters. The third-order valence-corrected chi connectivity index (χ3v) is 2.53. The summed E-state index contributed by atoms with van der Waals surface area (Å²) in [5.74, 6) is -0.757. The van der Waals surface area contributed by atoms with Crippen molar-refractivity contribution >= 4 is 21.8 Å². The van der Waals surface area contributed by atoms with Crippen LogP contribution in [0.2, 0.25) is 0 Å². The molecule has 0 aromatic heterocycles. The number of carbonyl (C=O) groups excluding carboxylic acids is 1. The van der Waals surface area contributed by atoms with Crippen molar-refractivity contribution in [2.45, 2.75) is 19.5 Å². The van der Waals surface area contributed by atoms with Gasteiger partial charge in [-0.3, -0.25) is 4.79 Å². The average molecular weight is 275 g/mol. The van der Waals surface area contributed by atoms with Gasteiger partial charge in [-0.2, -0.15) is 0 Å². The molecule has 3 N–H and O–H groups in total. The second kappa shape index (κ2) is 5.23. The third-order valence-electron chi connectivity index (χ3n) is 2.03. The molecule has 1 rings (SSSR count). The highest BCUT2D eigenvalue weighted by molar-refractivity contribution is 9.10. The van der Waals surface area contributed by atoms with E-state index >= 15 is 0 Å². The van der Waals surface area contributed by atoms with Crippen LogP contribution in [-0.2, 0) is 11.3 Å². The summed E-state index contributed by atoms with van der Waals surface area (Å²) in [6.07, 6.45) is 0. The molecule has 0 bridgehead atoms. The van der Waals surface area contributed by atoms with Crippen molar-refractivity contribution in [3.05, 3.63) is 34.1 Å². The summed E-state index contributed by atoms with van der Waals surface area (Å²) in [5.41, 5.74) is 5.56. The molecule has 5 heteroatoms. The lowest BCUT2D eigenvalue weighted by atomic mass is 10.2. The first-order valence-corrected chi connectivity index (χ1v) is 5.26. The van der Waals surface area contributed by atoms with E-state index in [0.717, 1.165) is 4.47 Å². The molecule has 3 nitrogen and oxygen atoms in total. The van der Waals surface area contributed by atoms with Gasteiger partial charge in [-0.1, -0.05) is 15.9 Å². The van der Waals surface area contributed by atoms with Gasteiger partial charge in [0, 0.05) is 16.6 Å². The first-order valence-electron chi connectivity index (χ1n) is 4.47. The monoisotopic (exact) mass is 274 g/mol. The quantitative estimate of drug-likeness (QED) is 0.876. The molecule has 1 aromatic rings. The van der Waals surface area contributed by atoms with Crippen molar-refractivity contribution in [3.63, 3.8) is 0 Å². The molecule has 0 radical (unpaired) electrons. The van der Waals surface area contributed by atoms with E-state index < -0.39 is 11.9 Å². The molecular weight excluding hydrogens is 263 g/mol. The number of primary amides is 1. The Labute approximate surface area is 96.0 Å². The van der Waals surface area contributed by atoms with Gasteiger partial charge in [0.25, 0.3) is 0 Å². The van der Waals surface area contributed by atoms with E-state index in [1.807, 2.05) is 0 Å². The van der Waals surface area contributed by atoms with Crippen molar-refractivity contribution in [2.75, 3.05) is 0 Å². The molecule has 82 valence electrons. The van der Waals surface area contributed by atoms with Crippen LogP contribution in [-0.4, -0.2) is 11.9 Å². The maximum atomic E-state index is 13.2.